The summed E-state index contributed by atoms with van der Waals surface area (Å²) >= 11 is 0. The molecule has 0 aromatic carbocycles. The van der Waals surface area contributed by atoms with Gasteiger partial charge in [-0.25, -0.2) is 0 Å². The average Bonchev–Trinajstić information content (AvgIpc) is 0. The molecule has 0 saturated carbocycles. The van der Waals surface area contributed by atoms with E-state index in [0.29, 0.717) is 0 Å². The minimum atomic E-state index is 0. The Morgan fingerprint density at radius 1 is 0.500 bits per heavy atom. The Hall–Kier alpha value is 2.78. The predicted octanol–water partition coefficient (Wildman–Crippen LogP) is -0.0100. The van der Waals surface area contributed by atoms with Crippen LogP contribution in [0.1, 0.15) is 0 Å². The number of hydrogen-bond donors (Lipinski definition) is 0. The molecule has 0 nitrogen and oxygen atoms in total. The Kier molecular flexibility index (Phi) is 125. The summed E-state index contributed by atoms with van der Waals surface area (Å²) in [7, 11) is 0. The third-order valence-corrected chi connectivity index (χ3v) is 0. The van der Waals surface area contributed by atoms with Crippen LogP contribution in [0.15, 0.2) is 0 Å². The molecule has 0 aliphatic heterocycles. The molecule has 0 N–H and O–H groups in total. The molecule has 0 spiro atoms. The average molecular weight is 633 g/mol. The normalized spacial score (nSPS) is 0. The van der Waals surface area contributed by atoms with Crippen molar-refractivity contribution in [1.82, 2.24) is 0 Å². The van der Waals surface area contributed by atoms with E-state index in [0.717, 1.165) is 0 Å². The van der Waals surface area contributed by atoms with Crippen molar-refractivity contribution in [2.24, 2.45) is 0 Å². The van der Waals surface area contributed by atoms with E-state index in [-0.39, 0.29) is 84.9 Å². The zero-order valence-corrected chi connectivity index (χ0v) is 9.83. The minimum absolute atomic E-state index is 0. The topological polar surface area (TPSA) is 0 Å². The van der Waals surface area contributed by atoms with Gasteiger partial charge in [-0.1, -0.05) is 0 Å². The molecule has 0 aliphatic rings. The van der Waals surface area contributed by atoms with E-state index in [2.05, 4.69) is 0 Å². The second-order valence-electron chi connectivity index (χ2n) is 0. The smallest absolute Gasteiger partial charge is 0 e. The molecule has 4 heteroatoms. The summed E-state index contributed by atoms with van der Waals surface area (Å²) in [4.78, 5) is 0. The van der Waals surface area contributed by atoms with Crippen molar-refractivity contribution in [3.63, 3.8) is 0 Å². The third kappa shape index (κ3) is 8.84. The summed E-state index contributed by atoms with van der Waals surface area (Å²) < 4.78 is 0. The van der Waals surface area contributed by atoms with E-state index in [9.17, 15) is 0 Å². The summed E-state index contributed by atoms with van der Waals surface area (Å²) in [5.74, 6) is 0. The van der Waals surface area contributed by atoms with Crippen molar-refractivity contribution < 1.29 is 84.9 Å². The van der Waals surface area contributed by atoms with Crippen molar-refractivity contribution in [3.05, 3.63) is 0 Å². The maximum absolute atomic E-state index is 0. The van der Waals surface area contributed by atoms with Gasteiger partial charge in [-0.3, -0.25) is 0 Å². The van der Waals surface area contributed by atoms with E-state index >= 15 is 0 Å². The molecule has 0 heterocycles. The molecule has 0 aliphatic carbocycles. The van der Waals surface area contributed by atoms with E-state index in [1.807, 2.05) is 0 Å². The number of rotatable bonds is 0. The molecule has 0 bridgehead atoms. The predicted molar refractivity (Wildman–Crippen MR) is 0 cm³/mol. The van der Waals surface area contributed by atoms with Crippen molar-refractivity contribution in [2.75, 3.05) is 0 Å². The second kappa shape index (κ2) is 17.1. The van der Waals surface area contributed by atoms with Gasteiger partial charge < -0.3 is 0 Å². The molecular formula is Pt3Ti. The Morgan fingerprint density at radius 2 is 0.500 bits per heavy atom. The van der Waals surface area contributed by atoms with Crippen LogP contribution in [0.5, 0.6) is 0 Å². The molecule has 0 radical (unpaired) electrons. The monoisotopic (exact) mass is 633 g/mol. The van der Waals surface area contributed by atoms with Crippen molar-refractivity contribution in [1.29, 1.82) is 0 Å². The summed E-state index contributed by atoms with van der Waals surface area (Å²) in [5.41, 5.74) is 0. The number of hydrogen-bond acceptors (Lipinski definition) is 0. The van der Waals surface area contributed by atoms with Gasteiger partial charge in [-0.2, -0.15) is 0 Å². The fraction of sp³-hybridized carbons (Fsp3) is 0. The second-order valence-corrected chi connectivity index (χ2v) is 0. The van der Waals surface area contributed by atoms with E-state index in [1.54, 1.807) is 0 Å². The molecule has 0 aromatic rings. The Labute approximate surface area is 83.5 Å². The van der Waals surface area contributed by atoms with E-state index in [4.69, 9.17) is 0 Å². The largest absolute Gasteiger partial charge is 0 e. The molecule has 0 unspecified atom stereocenters. The maximum atomic E-state index is 0. The van der Waals surface area contributed by atoms with Crippen LogP contribution in [-0.4, -0.2) is 0 Å². The van der Waals surface area contributed by atoms with E-state index < -0.39 is 0 Å². The van der Waals surface area contributed by atoms with Crippen LogP contribution >= 0.6 is 0 Å². The maximum Gasteiger partial charge on any atom is 0 e. The standard InChI is InChI=1S/3Pt.Ti. The SMILES string of the molecule is [Pt].[Pt].[Pt].[Ti]. The quantitative estimate of drug-likeness (QED) is 0.330. The van der Waals surface area contributed by atoms with Gasteiger partial charge in [-0.05, 0) is 0 Å². The molecule has 0 aromatic heterocycles. The Morgan fingerprint density at radius 3 is 0.500 bits per heavy atom. The molecule has 0 amide bonds. The molecule has 0 fully saturated rings. The molecule has 0 saturated heterocycles. The molecule has 4 heavy (non-hydrogen) atoms. The molecule has 0 atom stereocenters. The van der Waals surface area contributed by atoms with Gasteiger partial charge in [0.15, 0.2) is 0 Å². The zero-order chi connectivity index (χ0) is 0. The molecule has 0 rings (SSSR count). The summed E-state index contributed by atoms with van der Waals surface area (Å²) in [6.07, 6.45) is 0. The summed E-state index contributed by atoms with van der Waals surface area (Å²) in [6, 6.07) is 0. The fourth-order valence-electron chi connectivity index (χ4n) is 0. The zero-order valence-electron chi connectivity index (χ0n) is 1.45. The van der Waals surface area contributed by atoms with E-state index in [1.165, 1.54) is 0 Å². The fourth-order valence-corrected chi connectivity index (χ4v) is 0. The van der Waals surface area contributed by atoms with Gasteiger partial charge in [-0.15, -0.1) is 0 Å². The van der Waals surface area contributed by atoms with Crippen LogP contribution in [0.3, 0.4) is 0 Å². The van der Waals surface area contributed by atoms with Gasteiger partial charge in [0, 0.05) is 84.9 Å². The van der Waals surface area contributed by atoms with Gasteiger partial charge in [0.05, 0.1) is 0 Å². The van der Waals surface area contributed by atoms with Gasteiger partial charge >= 0.3 is 0 Å². The summed E-state index contributed by atoms with van der Waals surface area (Å²) in [6.45, 7) is 0. The Bertz CT molecular complexity index is 3.25. The van der Waals surface area contributed by atoms with Gasteiger partial charge in [0.1, 0.15) is 0 Å². The molecular weight excluding hydrogens is 633 g/mol. The van der Waals surface area contributed by atoms with Crippen molar-refractivity contribution >= 4 is 0 Å². The molecule has 34 valence electrons. The van der Waals surface area contributed by atoms with Gasteiger partial charge in [0.2, 0.25) is 0 Å². The van der Waals surface area contributed by atoms with Crippen molar-refractivity contribution in [3.8, 4) is 0 Å². The van der Waals surface area contributed by atoms with Gasteiger partial charge in [0.25, 0.3) is 0 Å². The minimum Gasteiger partial charge on any atom is 0 e. The first kappa shape index (κ1) is 29.3. The third-order valence-electron chi connectivity index (χ3n) is 0. The van der Waals surface area contributed by atoms with Crippen LogP contribution in [-0.2, 0) is 84.9 Å². The van der Waals surface area contributed by atoms with Crippen LogP contribution < -0.4 is 0 Å². The van der Waals surface area contributed by atoms with Crippen LogP contribution in [0.25, 0.3) is 0 Å². The first-order chi connectivity index (χ1) is 0. The summed E-state index contributed by atoms with van der Waals surface area (Å²) in [5, 5.41) is 0. The van der Waals surface area contributed by atoms with Crippen LogP contribution in [0.2, 0.25) is 0 Å². The first-order valence-corrected chi connectivity index (χ1v) is 0. The van der Waals surface area contributed by atoms with Crippen molar-refractivity contribution in [2.45, 2.75) is 0 Å². The first-order valence-electron chi connectivity index (χ1n) is 0. The van der Waals surface area contributed by atoms with Crippen LogP contribution in [0.4, 0.5) is 0 Å². The van der Waals surface area contributed by atoms with Crippen LogP contribution in [0, 0.1) is 0 Å². The Balaban J connectivity index is 0.